The average Bonchev–Trinajstić information content (AvgIpc) is 2.56. The molecular weight excluding hydrogens is 370 g/mol. The molecule has 0 bridgehead atoms. The van der Waals surface area contributed by atoms with Crippen LogP contribution >= 0.6 is 27.7 Å². The number of hydrogen-bond acceptors (Lipinski definition) is 2. The van der Waals surface area contributed by atoms with Crippen molar-refractivity contribution < 1.29 is 4.79 Å². The maximum absolute atomic E-state index is 12.0. The number of carbonyl (C=O) groups excluding carboxylic acids is 1. The van der Waals surface area contributed by atoms with Gasteiger partial charge in [-0.05, 0) is 37.0 Å². The molecule has 2 nitrogen and oxygen atoms in total. The van der Waals surface area contributed by atoms with E-state index in [1.807, 2.05) is 24.3 Å². The molecule has 2 rings (SSSR count). The van der Waals surface area contributed by atoms with Gasteiger partial charge in [-0.25, -0.2) is 0 Å². The van der Waals surface area contributed by atoms with Crippen molar-refractivity contribution in [3.05, 3.63) is 70.2 Å². The molecule has 4 heteroatoms. The minimum absolute atomic E-state index is 0.114. The normalized spacial score (nSPS) is 11.9. The highest BCUT2D eigenvalue weighted by atomic mass is 79.9. The Bertz CT molecular complexity index is 618. The SMILES string of the molecule is C[C@H](CCc1ccccc1)NC(=O)CSCc1ccccc1Br. The van der Waals surface area contributed by atoms with Crippen molar-refractivity contribution in [3.8, 4) is 0 Å². The third-order valence-corrected chi connectivity index (χ3v) is 5.32. The van der Waals surface area contributed by atoms with Crippen LogP contribution in [-0.4, -0.2) is 17.7 Å². The zero-order valence-electron chi connectivity index (χ0n) is 13.3. The summed E-state index contributed by atoms with van der Waals surface area (Å²) in [6, 6.07) is 18.7. The first kappa shape index (κ1) is 18.1. The van der Waals surface area contributed by atoms with Crippen molar-refractivity contribution in [2.75, 3.05) is 5.75 Å². The molecular formula is C19H22BrNOS. The Hall–Kier alpha value is -1.26. The minimum atomic E-state index is 0.114. The van der Waals surface area contributed by atoms with Gasteiger partial charge in [0.1, 0.15) is 0 Å². The van der Waals surface area contributed by atoms with E-state index in [0.717, 1.165) is 23.1 Å². The predicted octanol–water partition coefficient (Wildman–Crippen LogP) is 4.82. The molecule has 2 aromatic carbocycles. The van der Waals surface area contributed by atoms with Gasteiger partial charge in [-0.2, -0.15) is 0 Å². The van der Waals surface area contributed by atoms with Crippen molar-refractivity contribution >= 4 is 33.6 Å². The smallest absolute Gasteiger partial charge is 0.230 e. The number of carbonyl (C=O) groups is 1. The van der Waals surface area contributed by atoms with Gasteiger partial charge in [-0.1, -0.05) is 64.5 Å². The molecule has 0 heterocycles. The standard InChI is InChI=1S/C19H22BrNOS/c1-15(11-12-16-7-3-2-4-8-16)21-19(22)14-23-13-17-9-5-6-10-18(17)20/h2-10,15H,11-14H2,1H3,(H,21,22)/t15-/m1/s1. The molecule has 122 valence electrons. The van der Waals surface area contributed by atoms with Crippen molar-refractivity contribution in [1.82, 2.24) is 5.32 Å². The number of aryl methyl sites for hydroxylation is 1. The van der Waals surface area contributed by atoms with Crippen molar-refractivity contribution in [3.63, 3.8) is 0 Å². The molecule has 1 amide bonds. The average molecular weight is 392 g/mol. The summed E-state index contributed by atoms with van der Waals surface area (Å²) in [5.74, 6) is 1.45. The van der Waals surface area contributed by atoms with Gasteiger partial charge in [0.25, 0.3) is 0 Å². The van der Waals surface area contributed by atoms with Gasteiger partial charge < -0.3 is 5.32 Å². The summed E-state index contributed by atoms with van der Waals surface area (Å²) >= 11 is 5.18. The van der Waals surface area contributed by atoms with Gasteiger partial charge in [0, 0.05) is 16.3 Å². The van der Waals surface area contributed by atoms with E-state index in [2.05, 4.69) is 58.5 Å². The molecule has 0 radical (unpaired) electrons. The molecule has 23 heavy (non-hydrogen) atoms. The third kappa shape index (κ3) is 6.80. The molecule has 0 aliphatic carbocycles. The minimum Gasteiger partial charge on any atom is -0.353 e. The number of halogens is 1. The largest absolute Gasteiger partial charge is 0.353 e. The molecule has 1 atom stereocenters. The van der Waals surface area contributed by atoms with E-state index in [4.69, 9.17) is 0 Å². The van der Waals surface area contributed by atoms with Crippen LogP contribution in [0.4, 0.5) is 0 Å². The highest BCUT2D eigenvalue weighted by Crippen LogP contribution is 2.21. The molecule has 0 fully saturated rings. The first-order valence-electron chi connectivity index (χ1n) is 7.79. The Morgan fingerprint density at radius 3 is 2.57 bits per heavy atom. The molecule has 1 N–H and O–H groups in total. The fourth-order valence-electron chi connectivity index (χ4n) is 2.29. The second-order valence-electron chi connectivity index (χ2n) is 5.58. The van der Waals surface area contributed by atoms with Crippen LogP contribution in [0, 0.1) is 0 Å². The van der Waals surface area contributed by atoms with Crippen LogP contribution in [0.5, 0.6) is 0 Å². The van der Waals surface area contributed by atoms with Gasteiger partial charge in [-0.3, -0.25) is 4.79 Å². The summed E-state index contributed by atoms with van der Waals surface area (Å²) < 4.78 is 1.10. The van der Waals surface area contributed by atoms with E-state index >= 15 is 0 Å². The zero-order chi connectivity index (χ0) is 16.5. The van der Waals surface area contributed by atoms with Crippen LogP contribution in [-0.2, 0) is 17.0 Å². The molecule has 0 spiro atoms. The fraction of sp³-hybridized carbons (Fsp3) is 0.316. The lowest BCUT2D eigenvalue weighted by Crippen LogP contribution is -2.34. The number of amides is 1. The summed E-state index contributed by atoms with van der Waals surface area (Å²) in [7, 11) is 0. The number of benzene rings is 2. The van der Waals surface area contributed by atoms with Crippen LogP contribution in [0.15, 0.2) is 59.1 Å². The number of rotatable bonds is 8. The lowest BCUT2D eigenvalue weighted by Gasteiger charge is -2.14. The monoisotopic (exact) mass is 391 g/mol. The predicted molar refractivity (Wildman–Crippen MR) is 103 cm³/mol. The van der Waals surface area contributed by atoms with E-state index in [-0.39, 0.29) is 11.9 Å². The van der Waals surface area contributed by atoms with E-state index in [0.29, 0.717) is 5.75 Å². The van der Waals surface area contributed by atoms with Gasteiger partial charge in [-0.15, -0.1) is 11.8 Å². The molecule has 0 unspecified atom stereocenters. The van der Waals surface area contributed by atoms with Gasteiger partial charge in [0.05, 0.1) is 5.75 Å². The number of thioether (sulfide) groups is 1. The Morgan fingerprint density at radius 1 is 1.13 bits per heavy atom. The lowest BCUT2D eigenvalue weighted by atomic mass is 10.1. The molecule has 0 saturated carbocycles. The van der Waals surface area contributed by atoms with E-state index in [1.165, 1.54) is 11.1 Å². The first-order chi connectivity index (χ1) is 11.1. The second-order valence-corrected chi connectivity index (χ2v) is 7.42. The van der Waals surface area contributed by atoms with Gasteiger partial charge in [0.2, 0.25) is 5.91 Å². The Labute approximate surface area is 151 Å². The molecule has 0 aliphatic heterocycles. The second kappa shape index (κ2) is 9.78. The molecule has 2 aromatic rings. The number of hydrogen-bond donors (Lipinski definition) is 1. The topological polar surface area (TPSA) is 29.1 Å². The van der Waals surface area contributed by atoms with Crippen molar-refractivity contribution in [2.45, 2.75) is 31.6 Å². The summed E-state index contributed by atoms with van der Waals surface area (Å²) in [6.45, 7) is 2.07. The van der Waals surface area contributed by atoms with Crippen LogP contribution in [0.2, 0.25) is 0 Å². The van der Waals surface area contributed by atoms with E-state index in [1.54, 1.807) is 11.8 Å². The van der Waals surface area contributed by atoms with Crippen LogP contribution < -0.4 is 5.32 Å². The van der Waals surface area contributed by atoms with Crippen LogP contribution in [0.25, 0.3) is 0 Å². The molecule has 0 saturated heterocycles. The van der Waals surface area contributed by atoms with E-state index in [9.17, 15) is 4.79 Å². The molecule has 0 aliphatic rings. The van der Waals surface area contributed by atoms with Gasteiger partial charge in [0.15, 0.2) is 0 Å². The Balaban J connectivity index is 1.65. The van der Waals surface area contributed by atoms with Crippen LogP contribution in [0.3, 0.4) is 0 Å². The zero-order valence-corrected chi connectivity index (χ0v) is 15.7. The summed E-state index contributed by atoms with van der Waals surface area (Å²) in [6.07, 6.45) is 1.96. The highest BCUT2D eigenvalue weighted by molar-refractivity contribution is 9.10. The maximum Gasteiger partial charge on any atom is 0.230 e. The summed E-state index contributed by atoms with van der Waals surface area (Å²) in [4.78, 5) is 12.0. The number of nitrogens with one attached hydrogen (secondary N) is 1. The van der Waals surface area contributed by atoms with Crippen LogP contribution in [0.1, 0.15) is 24.5 Å². The quantitative estimate of drug-likeness (QED) is 0.698. The van der Waals surface area contributed by atoms with Crippen molar-refractivity contribution in [1.29, 1.82) is 0 Å². The summed E-state index contributed by atoms with van der Waals surface area (Å²) in [5.41, 5.74) is 2.54. The third-order valence-electron chi connectivity index (χ3n) is 3.56. The summed E-state index contributed by atoms with van der Waals surface area (Å²) in [5, 5.41) is 3.08. The van der Waals surface area contributed by atoms with E-state index < -0.39 is 0 Å². The first-order valence-corrected chi connectivity index (χ1v) is 9.74. The maximum atomic E-state index is 12.0. The Kier molecular flexibility index (Phi) is 7.69. The highest BCUT2D eigenvalue weighted by Gasteiger charge is 2.08. The van der Waals surface area contributed by atoms with Crippen molar-refractivity contribution in [2.24, 2.45) is 0 Å². The molecule has 0 aromatic heterocycles. The lowest BCUT2D eigenvalue weighted by molar-refractivity contribution is -0.119. The fourth-order valence-corrected chi connectivity index (χ4v) is 3.74. The van der Waals surface area contributed by atoms with Gasteiger partial charge >= 0.3 is 0 Å². The Morgan fingerprint density at radius 2 is 1.83 bits per heavy atom.